The molecular weight excluding hydrogens is 462 g/mol. The van der Waals surface area contributed by atoms with Crippen molar-refractivity contribution in [1.29, 1.82) is 0 Å². The molecule has 0 amide bonds. The van der Waals surface area contributed by atoms with Gasteiger partial charge in [0.1, 0.15) is 6.04 Å². The van der Waals surface area contributed by atoms with E-state index in [-0.39, 0.29) is 11.6 Å². The Morgan fingerprint density at radius 2 is 1.70 bits per heavy atom. The summed E-state index contributed by atoms with van der Waals surface area (Å²) in [5.74, 6) is 0.789. The van der Waals surface area contributed by atoms with Gasteiger partial charge in [-0.1, -0.05) is 43.2 Å². The van der Waals surface area contributed by atoms with Crippen molar-refractivity contribution in [2.75, 3.05) is 26.2 Å². The largest absolute Gasteiger partial charge is 0.322 e. The number of hydrogen-bond donors (Lipinski definition) is 1. The fraction of sp³-hybridized carbons (Fsp3) is 0.448. The topological polar surface area (TPSA) is 82.9 Å². The molecule has 1 saturated carbocycles. The second kappa shape index (κ2) is 10.2. The zero-order chi connectivity index (χ0) is 25.4. The Bertz CT molecular complexity index is 1430. The Labute approximate surface area is 217 Å². The molecule has 0 spiro atoms. The summed E-state index contributed by atoms with van der Waals surface area (Å²) in [6, 6.07) is 16.9. The van der Waals surface area contributed by atoms with Crippen LogP contribution in [0.15, 0.2) is 53.3 Å². The van der Waals surface area contributed by atoms with Crippen LogP contribution in [0.4, 0.5) is 0 Å². The van der Waals surface area contributed by atoms with Gasteiger partial charge in [-0.25, -0.2) is 4.68 Å². The van der Waals surface area contributed by atoms with Crippen LogP contribution >= 0.6 is 0 Å². The standard InChI is InChI=1S/C29H35N7O/c1-20-16-23-18-25(29(37)30-26(23)17-21(20)2)27(28-31-32-33-36(28)24-10-6-7-11-24)35-14-12-34(13-15-35)19-22-8-4-3-5-9-22/h3-5,8-9,16-18,24,27H,6-7,10-15,19H2,1-2H3,(H,30,37)/t27-/m0/s1. The lowest BCUT2D eigenvalue weighted by Gasteiger charge is -2.39. The molecule has 1 atom stereocenters. The minimum Gasteiger partial charge on any atom is -0.322 e. The predicted octanol–water partition coefficient (Wildman–Crippen LogP) is 4.15. The van der Waals surface area contributed by atoms with Gasteiger partial charge in [0, 0.05) is 43.8 Å². The lowest BCUT2D eigenvalue weighted by molar-refractivity contribution is 0.0989. The van der Waals surface area contributed by atoms with Crippen molar-refractivity contribution in [1.82, 2.24) is 35.0 Å². The highest BCUT2D eigenvalue weighted by Gasteiger charge is 2.34. The van der Waals surface area contributed by atoms with E-state index >= 15 is 0 Å². The van der Waals surface area contributed by atoms with Crippen molar-refractivity contribution in [3.8, 4) is 0 Å². The molecule has 192 valence electrons. The summed E-state index contributed by atoms with van der Waals surface area (Å²) < 4.78 is 2.01. The van der Waals surface area contributed by atoms with Crippen molar-refractivity contribution >= 4 is 10.9 Å². The zero-order valence-corrected chi connectivity index (χ0v) is 21.7. The van der Waals surface area contributed by atoms with Crippen LogP contribution in [-0.4, -0.2) is 61.2 Å². The zero-order valence-electron chi connectivity index (χ0n) is 21.7. The first kappa shape index (κ1) is 24.0. The summed E-state index contributed by atoms with van der Waals surface area (Å²) in [6.45, 7) is 8.69. The number of H-pyrrole nitrogens is 1. The molecule has 3 heterocycles. The number of benzene rings is 2. The number of piperazine rings is 1. The average Bonchev–Trinajstić information content (AvgIpc) is 3.60. The maximum atomic E-state index is 13.6. The molecule has 0 unspecified atom stereocenters. The van der Waals surface area contributed by atoms with Crippen molar-refractivity contribution in [3.05, 3.63) is 87.0 Å². The summed E-state index contributed by atoms with van der Waals surface area (Å²) in [6.07, 6.45) is 4.56. The first-order chi connectivity index (χ1) is 18.1. The second-order valence-corrected chi connectivity index (χ2v) is 10.7. The molecule has 1 N–H and O–H groups in total. The van der Waals surface area contributed by atoms with E-state index in [1.54, 1.807) is 0 Å². The molecule has 6 rings (SSSR count). The normalized spacial score (nSPS) is 18.5. The van der Waals surface area contributed by atoms with Crippen molar-refractivity contribution in [2.24, 2.45) is 0 Å². The number of rotatable bonds is 6. The number of tetrazole rings is 1. The fourth-order valence-electron chi connectivity index (χ4n) is 6.01. The van der Waals surface area contributed by atoms with Gasteiger partial charge in [0.15, 0.2) is 5.82 Å². The maximum Gasteiger partial charge on any atom is 0.253 e. The molecule has 2 aliphatic rings. The number of pyridine rings is 1. The lowest BCUT2D eigenvalue weighted by atomic mass is 10.00. The maximum absolute atomic E-state index is 13.6. The lowest BCUT2D eigenvalue weighted by Crippen LogP contribution is -2.48. The summed E-state index contributed by atoms with van der Waals surface area (Å²) in [7, 11) is 0. The first-order valence-electron chi connectivity index (χ1n) is 13.5. The predicted molar refractivity (Wildman–Crippen MR) is 144 cm³/mol. The third-order valence-corrected chi connectivity index (χ3v) is 8.24. The summed E-state index contributed by atoms with van der Waals surface area (Å²) in [5, 5.41) is 14.1. The Morgan fingerprint density at radius 1 is 0.973 bits per heavy atom. The fourth-order valence-corrected chi connectivity index (χ4v) is 6.01. The van der Waals surface area contributed by atoms with E-state index in [4.69, 9.17) is 0 Å². The van der Waals surface area contributed by atoms with Crippen LogP contribution in [0, 0.1) is 13.8 Å². The van der Waals surface area contributed by atoms with Gasteiger partial charge in [0.2, 0.25) is 0 Å². The molecule has 4 aromatic rings. The summed E-state index contributed by atoms with van der Waals surface area (Å²) in [4.78, 5) is 21.6. The highest BCUT2D eigenvalue weighted by atomic mass is 16.1. The van der Waals surface area contributed by atoms with Crippen LogP contribution < -0.4 is 5.56 Å². The van der Waals surface area contributed by atoms with Gasteiger partial charge in [-0.05, 0) is 77.4 Å². The van der Waals surface area contributed by atoms with Crippen LogP contribution in [0.5, 0.6) is 0 Å². The number of nitrogens with zero attached hydrogens (tertiary/aromatic N) is 6. The third kappa shape index (κ3) is 4.83. The van der Waals surface area contributed by atoms with Gasteiger partial charge in [-0.15, -0.1) is 5.10 Å². The minimum atomic E-state index is -0.288. The van der Waals surface area contributed by atoms with E-state index in [1.807, 2.05) is 4.68 Å². The Kier molecular flexibility index (Phi) is 6.61. The van der Waals surface area contributed by atoms with Crippen LogP contribution in [-0.2, 0) is 6.54 Å². The molecule has 2 aromatic heterocycles. The molecule has 1 saturated heterocycles. The Balaban J connectivity index is 1.36. The number of nitrogens with one attached hydrogen (secondary N) is 1. The molecule has 37 heavy (non-hydrogen) atoms. The van der Waals surface area contributed by atoms with Gasteiger partial charge in [-0.2, -0.15) is 0 Å². The van der Waals surface area contributed by atoms with Crippen LogP contribution in [0.3, 0.4) is 0 Å². The van der Waals surface area contributed by atoms with Gasteiger partial charge >= 0.3 is 0 Å². The molecule has 0 radical (unpaired) electrons. The van der Waals surface area contributed by atoms with E-state index < -0.39 is 0 Å². The Hall–Kier alpha value is -3.36. The molecule has 8 heteroatoms. The first-order valence-corrected chi connectivity index (χ1v) is 13.5. The van der Waals surface area contributed by atoms with Gasteiger partial charge in [-0.3, -0.25) is 14.6 Å². The van der Waals surface area contributed by atoms with Crippen molar-refractivity contribution in [3.63, 3.8) is 0 Å². The molecule has 2 aromatic carbocycles. The number of aromatic nitrogens is 5. The van der Waals surface area contributed by atoms with E-state index in [0.717, 1.165) is 67.9 Å². The quantitative estimate of drug-likeness (QED) is 0.431. The van der Waals surface area contributed by atoms with Crippen molar-refractivity contribution < 1.29 is 0 Å². The summed E-state index contributed by atoms with van der Waals surface area (Å²) in [5.41, 5.74) is 5.25. The van der Waals surface area contributed by atoms with Crippen LogP contribution in [0.1, 0.15) is 65.8 Å². The molecule has 2 fully saturated rings. The minimum absolute atomic E-state index is 0.0616. The SMILES string of the molecule is Cc1cc2cc([C@@H](c3nnnn3C3CCCC3)N3CCN(Cc4ccccc4)CC3)c(=O)[nH]c2cc1C. The van der Waals surface area contributed by atoms with Gasteiger partial charge in [0.05, 0.1) is 6.04 Å². The highest BCUT2D eigenvalue weighted by molar-refractivity contribution is 5.81. The van der Waals surface area contributed by atoms with E-state index in [2.05, 4.69) is 92.7 Å². The third-order valence-electron chi connectivity index (χ3n) is 8.24. The van der Waals surface area contributed by atoms with E-state index in [1.165, 1.54) is 29.5 Å². The summed E-state index contributed by atoms with van der Waals surface area (Å²) >= 11 is 0. The van der Waals surface area contributed by atoms with Crippen LogP contribution in [0.2, 0.25) is 0 Å². The molecule has 1 aliphatic carbocycles. The number of aromatic amines is 1. The monoisotopic (exact) mass is 497 g/mol. The number of hydrogen-bond acceptors (Lipinski definition) is 6. The Morgan fingerprint density at radius 3 is 2.46 bits per heavy atom. The molecule has 0 bridgehead atoms. The highest BCUT2D eigenvalue weighted by Crippen LogP contribution is 2.34. The van der Waals surface area contributed by atoms with Crippen molar-refractivity contribution in [2.45, 2.75) is 58.2 Å². The number of fused-ring (bicyclic) bond motifs is 1. The second-order valence-electron chi connectivity index (χ2n) is 10.7. The molecule has 1 aliphatic heterocycles. The average molecular weight is 498 g/mol. The number of aryl methyl sites for hydroxylation is 2. The smallest absolute Gasteiger partial charge is 0.253 e. The van der Waals surface area contributed by atoms with E-state index in [9.17, 15) is 4.79 Å². The van der Waals surface area contributed by atoms with Gasteiger partial charge in [0.25, 0.3) is 5.56 Å². The van der Waals surface area contributed by atoms with E-state index in [0.29, 0.717) is 6.04 Å². The van der Waals surface area contributed by atoms with Gasteiger partial charge < -0.3 is 4.98 Å². The van der Waals surface area contributed by atoms with Crippen LogP contribution in [0.25, 0.3) is 10.9 Å². The molecule has 8 nitrogen and oxygen atoms in total. The molecular formula is C29H35N7O.